The largest absolute Gasteiger partial charge is 0.490 e. The summed E-state index contributed by atoms with van der Waals surface area (Å²) < 4.78 is 5.29. The van der Waals surface area contributed by atoms with Gasteiger partial charge in [0.2, 0.25) is 0 Å². The van der Waals surface area contributed by atoms with E-state index in [4.69, 9.17) is 4.74 Å². The van der Waals surface area contributed by atoms with E-state index >= 15 is 0 Å². The first-order chi connectivity index (χ1) is 6.33. The number of nitrogens with one attached hydrogen (secondary N) is 2. The smallest absolute Gasteiger partial charge is 0.345 e. The van der Waals surface area contributed by atoms with Crippen LogP contribution in [0.1, 0.15) is 6.42 Å². The minimum absolute atomic E-state index is 0.359. The third-order valence-corrected chi connectivity index (χ3v) is 1.49. The van der Waals surface area contributed by atoms with Crippen molar-refractivity contribution in [1.82, 2.24) is 15.3 Å². The van der Waals surface area contributed by atoms with Gasteiger partial charge >= 0.3 is 5.69 Å². The Morgan fingerprint density at radius 3 is 3.15 bits per heavy atom. The van der Waals surface area contributed by atoms with Crippen molar-refractivity contribution in [2.45, 2.75) is 6.42 Å². The fourth-order valence-electron chi connectivity index (χ4n) is 0.848. The molecule has 0 bridgehead atoms. The topological polar surface area (TPSA) is 67.0 Å². The predicted molar refractivity (Wildman–Crippen MR) is 48.9 cm³/mol. The SMILES string of the molecule is CNCCCOc1cnc(=O)[nH]c1. The van der Waals surface area contributed by atoms with Gasteiger partial charge in [0.05, 0.1) is 12.8 Å². The van der Waals surface area contributed by atoms with Gasteiger partial charge in [-0.2, -0.15) is 4.98 Å². The standard InChI is InChI=1S/C8H13N3O2/c1-9-3-2-4-13-7-5-10-8(12)11-6-7/h5-6,9H,2-4H2,1H3,(H,10,11,12). The average molecular weight is 183 g/mol. The molecule has 0 amide bonds. The van der Waals surface area contributed by atoms with E-state index in [2.05, 4.69) is 15.3 Å². The van der Waals surface area contributed by atoms with E-state index in [9.17, 15) is 4.79 Å². The fraction of sp³-hybridized carbons (Fsp3) is 0.500. The van der Waals surface area contributed by atoms with Gasteiger partial charge in [-0.05, 0) is 20.0 Å². The molecule has 72 valence electrons. The minimum Gasteiger partial charge on any atom is -0.490 e. The monoisotopic (exact) mass is 183 g/mol. The van der Waals surface area contributed by atoms with Crippen molar-refractivity contribution in [2.24, 2.45) is 0 Å². The third-order valence-electron chi connectivity index (χ3n) is 1.49. The quantitative estimate of drug-likeness (QED) is 0.618. The molecule has 1 aromatic heterocycles. The normalized spacial score (nSPS) is 9.92. The zero-order chi connectivity index (χ0) is 9.52. The first kappa shape index (κ1) is 9.73. The second-order valence-corrected chi connectivity index (χ2v) is 2.56. The van der Waals surface area contributed by atoms with Gasteiger partial charge < -0.3 is 15.0 Å². The van der Waals surface area contributed by atoms with Crippen LogP contribution in [0.2, 0.25) is 0 Å². The van der Waals surface area contributed by atoms with E-state index in [1.165, 1.54) is 12.4 Å². The maximum Gasteiger partial charge on any atom is 0.345 e. The molecule has 0 unspecified atom stereocenters. The number of aromatic nitrogens is 2. The highest BCUT2D eigenvalue weighted by atomic mass is 16.5. The Morgan fingerprint density at radius 1 is 1.69 bits per heavy atom. The average Bonchev–Trinajstić information content (AvgIpc) is 2.15. The molecule has 1 rings (SSSR count). The van der Waals surface area contributed by atoms with E-state index in [1.807, 2.05) is 7.05 Å². The van der Waals surface area contributed by atoms with Crippen molar-refractivity contribution in [2.75, 3.05) is 20.2 Å². The molecule has 0 aliphatic carbocycles. The van der Waals surface area contributed by atoms with Crippen LogP contribution < -0.4 is 15.7 Å². The van der Waals surface area contributed by atoms with Crippen LogP contribution in [-0.2, 0) is 0 Å². The van der Waals surface area contributed by atoms with Crippen molar-refractivity contribution in [3.05, 3.63) is 22.9 Å². The van der Waals surface area contributed by atoms with E-state index < -0.39 is 0 Å². The molecule has 0 saturated heterocycles. The maximum absolute atomic E-state index is 10.6. The van der Waals surface area contributed by atoms with Crippen LogP contribution >= 0.6 is 0 Å². The van der Waals surface area contributed by atoms with E-state index in [-0.39, 0.29) is 5.69 Å². The number of hydrogen-bond donors (Lipinski definition) is 2. The Balaban J connectivity index is 2.29. The Kier molecular flexibility index (Phi) is 3.98. The molecule has 5 heteroatoms. The Morgan fingerprint density at radius 2 is 2.54 bits per heavy atom. The Bertz CT molecular complexity index is 277. The Hall–Kier alpha value is -1.36. The van der Waals surface area contributed by atoms with Gasteiger partial charge in [-0.1, -0.05) is 0 Å². The van der Waals surface area contributed by atoms with Crippen molar-refractivity contribution in [3.63, 3.8) is 0 Å². The summed E-state index contributed by atoms with van der Waals surface area (Å²) in [4.78, 5) is 16.5. The molecule has 0 spiro atoms. The lowest BCUT2D eigenvalue weighted by molar-refractivity contribution is 0.307. The highest BCUT2D eigenvalue weighted by Gasteiger charge is 1.92. The molecule has 0 atom stereocenters. The molecule has 2 N–H and O–H groups in total. The summed E-state index contributed by atoms with van der Waals surface area (Å²) >= 11 is 0. The number of hydrogen-bond acceptors (Lipinski definition) is 4. The lowest BCUT2D eigenvalue weighted by atomic mass is 10.4. The number of ether oxygens (including phenoxy) is 1. The molecule has 1 heterocycles. The van der Waals surface area contributed by atoms with Crippen LogP contribution in [0.5, 0.6) is 5.75 Å². The molecule has 1 aromatic rings. The van der Waals surface area contributed by atoms with Crippen LogP contribution in [0, 0.1) is 0 Å². The summed E-state index contributed by atoms with van der Waals surface area (Å²) in [7, 11) is 1.89. The molecule has 13 heavy (non-hydrogen) atoms. The van der Waals surface area contributed by atoms with Crippen molar-refractivity contribution in [3.8, 4) is 5.75 Å². The Labute approximate surface area is 76.2 Å². The molecule has 5 nitrogen and oxygen atoms in total. The third kappa shape index (κ3) is 3.71. The zero-order valence-electron chi connectivity index (χ0n) is 7.54. The van der Waals surface area contributed by atoms with Gasteiger partial charge in [-0.3, -0.25) is 0 Å². The molecule has 0 saturated carbocycles. The van der Waals surface area contributed by atoms with E-state index in [1.54, 1.807) is 0 Å². The zero-order valence-corrected chi connectivity index (χ0v) is 7.54. The van der Waals surface area contributed by atoms with Crippen LogP contribution in [0.15, 0.2) is 17.2 Å². The first-order valence-electron chi connectivity index (χ1n) is 4.15. The summed E-state index contributed by atoms with van der Waals surface area (Å²) in [5, 5.41) is 3.01. The highest BCUT2D eigenvalue weighted by molar-refractivity contribution is 5.09. The van der Waals surface area contributed by atoms with E-state index in [0.29, 0.717) is 12.4 Å². The van der Waals surface area contributed by atoms with Gasteiger partial charge in [0.25, 0.3) is 0 Å². The highest BCUT2D eigenvalue weighted by Crippen LogP contribution is 2.02. The summed E-state index contributed by atoms with van der Waals surface area (Å²) in [6.07, 6.45) is 3.85. The van der Waals surface area contributed by atoms with Gasteiger partial charge in [0, 0.05) is 6.20 Å². The molecular formula is C8H13N3O2. The summed E-state index contributed by atoms with van der Waals surface area (Å²) in [5.41, 5.74) is -0.359. The molecular weight excluding hydrogens is 170 g/mol. The van der Waals surface area contributed by atoms with Crippen LogP contribution in [0.3, 0.4) is 0 Å². The van der Waals surface area contributed by atoms with Crippen molar-refractivity contribution >= 4 is 0 Å². The van der Waals surface area contributed by atoms with Crippen molar-refractivity contribution < 1.29 is 4.74 Å². The molecule has 0 fully saturated rings. The number of aromatic amines is 1. The second kappa shape index (κ2) is 5.31. The van der Waals surface area contributed by atoms with Gasteiger partial charge in [-0.25, -0.2) is 4.79 Å². The van der Waals surface area contributed by atoms with Crippen LogP contribution in [-0.4, -0.2) is 30.2 Å². The second-order valence-electron chi connectivity index (χ2n) is 2.56. The number of H-pyrrole nitrogens is 1. The first-order valence-corrected chi connectivity index (χ1v) is 4.15. The molecule has 0 aliphatic rings. The van der Waals surface area contributed by atoms with Gasteiger partial charge in [0.1, 0.15) is 0 Å². The van der Waals surface area contributed by atoms with Gasteiger partial charge in [-0.15, -0.1) is 0 Å². The molecule has 0 aliphatic heterocycles. The summed E-state index contributed by atoms with van der Waals surface area (Å²) in [6, 6.07) is 0. The summed E-state index contributed by atoms with van der Waals surface area (Å²) in [5.74, 6) is 0.593. The number of rotatable bonds is 5. The van der Waals surface area contributed by atoms with Crippen LogP contribution in [0.25, 0.3) is 0 Å². The lowest BCUT2D eigenvalue weighted by Crippen LogP contribution is -2.13. The van der Waals surface area contributed by atoms with E-state index in [0.717, 1.165) is 13.0 Å². The summed E-state index contributed by atoms with van der Waals surface area (Å²) in [6.45, 7) is 1.53. The van der Waals surface area contributed by atoms with Crippen LogP contribution in [0.4, 0.5) is 0 Å². The number of nitrogens with zero attached hydrogens (tertiary/aromatic N) is 1. The molecule has 0 radical (unpaired) electrons. The van der Waals surface area contributed by atoms with Gasteiger partial charge in [0.15, 0.2) is 5.75 Å². The predicted octanol–water partition coefficient (Wildman–Crippen LogP) is -0.242. The fourth-order valence-corrected chi connectivity index (χ4v) is 0.848. The molecule has 0 aromatic carbocycles. The minimum atomic E-state index is -0.359. The van der Waals surface area contributed by atoms with Crippen molar-refractivity contribution in [1.29, 1.82) is 0 Å². The lowest BCUT2D eigenvalue weighted by Gasteiger charge is -2.03. The maximum atomic E-state index is 10.6.